The lowest BCUT2D eigenvalue weighted by atomic mass is 9.75. The Morgan fingerprint density at radius 3 is 0.686 bits per heavy atom. The van der Waals surface area contributed by atoms with E-state index >= 15 is 0 Å². The van der Waals surface area contributed by atoms with Crippen LogP contribution in [0.1, 0.15) is 52.7 Å². The van der Waals surface area contributed by atoms with Gasteiger partial charge in [0.25, 0.3) is 0 Å². The summed E-state index contributed by atoms with van der Waals surface area (Å²) in [6, 6.07) is 90.5. The predicted octanol–water partition coefficient (Wildman–Crippen LogP) is 19.9. The topological polar surface area (TPSA) is 0 Å². The van der Waals surface area contributed by atoms with Crippen molar-refractivity contribution in [3.63, 3.8) is 0 Å². The van der Waals surface area contributed by atoms with Gasteiger partial charge >= 0.3 is 0 Å². The summed E-state index contributed by atoms with van der Waals surface area (Å²) in [4.78, 5) is 0. The van der Waals surface area contributed by atoms with Gasteiger partial charge in [0.2, 0.25) is 0 Å². The van der Waals surface area contributed by atoms with Gasteiger partial charge in [0, 0.05) is 0 Å². The molecular weight excluding hydrogens is 841 g/mol. The molecule has 0 saturated carbocycles. The third-order valence-corrected chi connectivity index (χ3v) is 14.2. The second-order valence-electron chi connectivity index (χ2n) is 20.9. The zero-order valence-electron chi connectivity index (χ0n) is 41.1. The second-order valence-corrected chi connectivity index (χ2v) is 20.9. The van der Waals surface area contributed by atoms with Gasteiger partial charge in [0.1, 0.15) is 0 Å². The van der Waals surface area contributed by atoms with Crippen molar-refractivity contribution in [3.05, 3.63) is 254 Å². The van der Waals surface area contributed by atoms with Crippen LogP contribution in [-0.2, 0) is 10.8 Å². The first-order valence-electron chi connectivity index (χ1n) is 24.7. The van der Waals surface area contributed by atoms with Crippen LogP contribution in [0.5, 0.6) is 0 Å². The molecule has 0 saturated heterocycles. The fraction of sp³-hybridized carbons (Fsp3) is 0.114. The van der Waals surface area contributed by atoms with E-state index in [-0.39, 0.29) is 10.8 Å². The second kappa shape index (κ2) is 18.1. The van der Waals surface area contributed by atoms with Crippen molar-refractivity contribution in [1.29, 1.82) is 0 Å². The van der Waals surface area contributed by atoms with Crippen molar-refractivity contribution in [2.75, 3.05) is 0 Å². The molecule has 0 radical (unpaired) electrons. The summed E-state index contributed by atoms with van der Waals surface area (Å²) in [6.45, 7) is 14.0. The Bertz CT molecular complexity index is 3280. The first-order valence-corrected chi connectivity index (χ1v) is 24.7. The molecule has 0 aliphatic heterocycles. The minimum atomic E-state index is -0.111. The van der Waals surface area contributed by atoms with E-state index in [2.05, 4.69) is 284 Å². The molecule has 338 valence electrons. The van der Waals surface area contributed by atoms with Crippen LogP contribution in [0.25, 0.3) is 111 Å². The van der Waals surface area contributed by atoms with E-state index < -0.39 is 0 Å². The third kappa shape index (κ3) is 8.35. The molecule has 0 N–H and O–H groups in total. The van der Waals surface area contributed by atoms with Gasteiger partial charge in [0.05, 0.1) is 0 Å². The lowest BCUT2D eigenvalue weighted by molar-refractivity contribution is 0.590. The zero-order valence-corrected chi connectivity index (χ0v) is 41.1. The van der Waals surface area contributed by atoms with Crippen molar-refractivity contribution in [2.24, 2.45) is 0 Å². The fourth-order valence-corrected chi connectivity index (χ4v) is 10.5. The van der Waals surface area contributed by atoms with Gasteiger partial charge in [-0.25, -0.2) is 0 Å². The standard InChI is InChI=1S/C70H58/c1-69(2,3)55-37-39-57-63(45-55)65(67-59(49-29-17-9-18-30-49)41-53(47-25-13-7-14-26-47)42-60(67)50-31-19-10-20-32-50)58-40-38-56(70(4,5)6)46-64(58)66(57)68-61(51-33-21-11-22-34-51)43-54(48-27-15-8-16-28-48)44-62(68)52-35-23-12-24-36-52/h7-46H,1-6H3. The number of benzene rings is 11. The van der Waals surface area contributed by atoms with Crippen molar-refractivity contribution < 1.29 is 0 Å². The highest BCUT2D eigenvalue weighted by molar-refractivity contribution is 6.26. The lowest BCUT2D eigenvalue weighted by Crippen LogP contribution is -2.12. The molecule has 0 bridgehead atoms. The zero-order chi connectivity index (χ0) is 48.0. The van der Waals surface area contributed by atoms with E-state index in [0.29, 0.717) is 0 Å². The Morgan fingerprint density at radius 1 is 0.200 bits per heavy atom. The molecule has 0 fully saturated rings. The summed E-state index contributed by atoms with van der Waals surface area (Å²) in [7, 11) is 0. The van der Waals surface area contributed by atoms with E-state index in [1.165, 1.54) is 122 Å². The number of rotatable bonds is 8. The normalized spacial score (nSPS) is 11.9. The SMILES string of the molecule is CC(C)(C)c1ccc2c(-c3c(-c4ccccc4)cc(-c4ccccc4)cc3-c3ccccc3)c3cc(C(C)(C)C)ccc3c(-c3c(-c4ccccc4)cc(-c4ccccc4)cc3-c3ccccc3)c2c1. The molecule has 0 unspecified atom stereocenters. The van der Waals surface area contributed by atoms with Crippen LogP contribution in [0.3, 0.4) is 0 Å². The van der Waals surface area contributed by atoms with Gasteiger partial charge < -0.3 is 0 Å². The van der Waals surface area contributed by atoms with Crippen LogP contribution in [-0.4, -0.2) is 0 Å². The largest absolute Gasteiger partial charge is 0.0622 e. The summed E-state index contributed by atoms with van der Waals surface area (Å²) in [6.07, 6.45) is 0. The highest BCUT2D eigenvalue weighted by Gasteiger charge is 2.29. The average molecular weight is 899 g/mol. The molecule has 0 heterocycles. The predicted molar refractivity (Wildman–Crippen MR) is 302 cm³/mol. The Labute approximate surface area is 414 Å². The summed E-state index contributed by atoms with van der Waals surface area (Å²) in [5.41, 5.74) is 21.7. The van der Waals surface area contributed by atoms with Gasteiger partial charge in [-0.3, -0.25) is 0 Å². The monoisotopic (exact) mass is 898 g/mol. The molecule has 0 amide bonds. The first kappa shape index (κ1) is 44.4. The van der Waals surface area contributed by atoms with Crippen LogP contribution in [0.15, 0.2) is 243 Å². The Kier molecular flexibility index (Phi) is 11.5. The minimum absolute atomic E-state index is 0.111. The van der Waals surface area contributed by atoms with E-state index in [9.17, 15) is 0 Å². The maximum absolute atomic E-state index is 2.53. The van der Waals surface area contributed by atoms with E-state index in [4.69, 9.17) is 0 Å². The molecule has 0 nitrogen and oxygen atoms in total. The van der Waals surface area contributed by atoms with Crippen molar-refractivity contribution in [2.45, 2.75) is 52.4 Å². The smallest absolute Gasteiger partial charge is 0.00138 e. The van der Waals surface area contributed by atoms with Crippen molar-refractivity contribution in [3.8, 4) is 89.0 Å². The van der Waals surface area contributed by atoms with Crippen LogP contribution >= 0.6 is 0 Å². The summed E-state index contributed by atoms with van der Waals surface area (Å²) < 4.78 is 0. The van der Waals surface area contributed by atoms with Gasteiger partial charge in [-0.05, 0) is 169 Å². The molecule has 0 aliphatic carbocycles. The first-order chi connectivity index (χ1) is 34.0. The van der Waals surface area contributed by atoms with E-state index in [1.807, 2.05) is 0 Å². The summed E-state index contributed by atoms with van der Waals surface area (Å²) in [5, 5.41) is 4.94. The number of hydrogen-bond donors (Lipinski definition) is 0. The van der Waals surface area contributed by atoms with Crippen LogP contribution in [0, 0.1) is 0 Å². The maximum atomic E-state index is 2.53. The molecule has 0 spiro atoms. The number of fused-ring (bicyclic) bond motifs is 2. The highest BCUT2D eigenvalue weighted by Crippen LogP contribution is 2.54. The molecule has 0 aliphatic rings. The van der Waals surface area contributed by atoms with Gasteiger partial charge in [-0.1, -0.05) is 248 Å². The van der Waals surface area contributed by atoms with Crippen LogP contribution in [0.2, 0.25) is 0 Å². The summed E-state index contributed by atoms with van der Waals surface area (Å²) >= 11 is 0. The van der Waals surface area contributed by atoms with Crippen LogP contribution < -0.4 is 0 Å². The van der Waals surface area contributed by atoms with Crippen molar-refractivity contribution >= 4 is 21.5 Å². The van der Waals surface area contributed by atoms with Crippen LogP contribution in [0.4, 0.5) is 0 Å². The van der Waals surface area contributed by atoms with Gasteiger partial charge in [0.15, 0.2) is 0 Å². The quantitative estimate of drug-likeness (QED) is 0.133. The Hall–Kier alpha value is -8.06. The number of hydrogen-bond acceptors (Lipinski definition) is 0. The van der Waals surface area contributed by atoms with Gasteiger partial charge in [-0.2, -0.15) is 0 Å². The van der Waals surface area contributed by atoms with E-state index in [0.717, 1.165) is 0 Å². The molecular formula is C70H58. The third-order valence-electron chi connectivity index (χ3n) is 14.2. The average Bonchev–Trinajstić information content (AvgIpc) is 3.40. The molecule has 11 aromatic rings. The fourth-order valence-electron chi connectivity index (χ4n) is 10.5. The molecule has 11 rings (SSSR count). The minimum Gasteiger partial charge on any atom is -0.0622 e. The molecule has 0 heteroatoms. The lowest BCUT2D eigenvalue weighted by Gasteiger charge is -2.28. The molecule has 0 atom stereocenters. The highest BCUT2D eigenvalue weighted by atomic mass is 14.3. The maximum Gasteiger partial charge on any atom is -0.00138 e. The molecule has 0 aromatic heterocycles. The Balaban J connectivity index is 1.39. The van der Waals surface area contributed by atoms with Crippen molar-refractivity contribution in [1.82, 2.24) is 0 Å². The Morgan fingerprint density at radius 2 is 0.443 bits per heavy atom. The molecule has 11 aromatic carbocycles. The summed E-state index contributed by atoms with van der Waals surface area (Å²) in [5.74, 6) is 0. The van der Waals surface area contributed by atoms with E-state index in [1.54, 1.807) is 0 Å². The van der Waals surface area contributed by atoms with Gasteiger partial charge in [-0.15, -0.1) is 0 Å². The molecule has 70 heavy (non-hydrogen) atoms.